The summed E-state index contributed by atoms with van der Waals surface area (Å²) < 4.78 is 6.72. The number of furan rings is 1. The fourth-order valence-corrected chi connectivity index (χ4v) is 1.90. The topological polar surface area (TPSA) is 96.9 Å². The number of nitrogens with zero attached hydrogens (tertiary/aromatic N) is 3. The van der Waals surface area contributed by atoms with Gasteiger partial charge in [0, 0.05) is 13.2 Å². The lowest BCUT2D eigenvalue weighted by atomic mass is 10.3. The molecule has 0 aliphatic heterocycles. The van der Waals surface area contributed by atoms with Crippen molar-refractivity contribution in [2.24, 2.45) is 0 Å². The maximum absolute atomic E-state index is 11.8. The minimum absolute atomic E-state index is 0.0183. The maximum atomic E-state index is 11.8. The van der Waals surface area contributed by atoms with E-state index in [1.807, 2.05) is 0 Å². The van der Waals surface area contributed by atoms with Crippen molar-refractivity contribution >= 4 is 11.3 Å². The van der Waals surface area contributed by atoms with E-state index in [2.05, 4.69) is 15.0 Å². The third-order valence-electron chi connectivity index (χ3n) is 2.79. The largest absolute Gasteiger partial charge is 0.463 e. The molecular formula is C12H12N4O3. The highest BCUT2D eigenvalue weighted by molar-refractivity contribution is 5.69. The van der Waals surface area contributed by atoms with Crippen molar-refractivity contribution in [3.05, 3.63) is 35.1 Å². The van der Waals surface area contributed by atoms with Crippen LogP contribution < -0.4 is 5.69 Å². The summed E-state index contributed by atoms with van der Waals surface area (Å²) in [7, 11) is 0. The lowest BCUT2D eigenvalue weighted by molar-refractivity contribution is 0.280. The number of aliphatic hydroxyl groups is 1. The van der Waals surface area contributed by atoms with Gasteiger partial charge in [0.15, 0.2) is 17.1 Å². The first-order valence-corrected chi connectivity index (χ1v) is 5.90. The first-order valence-electron chi connectivity index (χ1n) is 5.90. The van der Waals surface area contributed by atoms with E-state index in [1.165, 1.54) is 4.57 Å². The summed E-state index contributed by atoms with van der Waals surface area (Å²) in [6.07, 6.45) is 3.59. The van der Waals surface area contributed by atoms with Gasteiger partial charge in [0.1, 0.15) is 5.69 Å². The number of H-pyrrole nitrogens is 1. The standard InChI is InChI=1S/C12H12N4O3/c17-5-2-4-16-11-10(15-12(16)18)13-7-8(14-11)9-3-1-6-19-9/h1,3,6-7,17H,2,4-5H2,(H,13,15,18). The average Bonchev–Trinajstić information content (AvgIpc) is 3.03. The lowest BCUT2D eigenvalue weighted by Crippen LogP contribution is -2.17. The van der Waals surface area contributed by atoms with Crippen LogP contribution in [0.25, 0.3) is 22.7 Å². The SMILES string of the molecule is O=c1[nH]c2ncc(-c3ccco3)nc2n1CCCO. The minimum Gasteiger partial charge on any atom is -0.463 e. The van der Waals surface area contributed by atoms with Crippen LogP contribution in [0.2, 0.25) is 0 Å². The molecular weight excluding hydrogens is 248 g/mol. The fraction of sp³-hybridized carbons (Fsp3) is 0.250. The molecule has 7 heteroatoms. The number of aromatic nitrogens is 4. The van der Waals surface area contributed by atoms with Crippen LogP contribution in [-0.2, 0) is 6.54 Å². The zero-order valence-corrected chi connectivity index (χ0v) is 10.0. The van der Waals surface area contributed by atoms with Crippen LogP contribution in [-0.4, -0.2) is 31.2 Å². The number of aryl methyl sites for hydroxylation is 1. The van der Waals surface area contributed by atoms with Crippen LogP contribution in [0.5, 0.6) is 0 Å². The summed E-state index contributed by atoms with van der Waals surface area (Å²) in [6, 6.07) is 3.54. The molecule has 98 valence electrons. The lowest BCUT2D eigenvalue weighted by Gasteiger charge is -2.01. The van der Waals surface area contributed by atoms with E-state index < -0.39 is 0 Å². The minimum atomic E-state index is -0.278. The van der Waals surface area contributed by atoms with Crippen molar-refractivity contribution in [1.82, 2.24) is 19.5 Å². The van der Waals surface area contributed by atoms with Gasteiger partial charge < -0.3 is 9.52 Å². The molecule has 0 atom stereocenters. The van der Waals surface area contributed by atoms with Crippen molar-refractivity contribution in [3.63, 3.8) is 0 Å². The summed E-state index contributed by atoms with van der Waals surface area (Å²) in [6.45, 7) is 0.413. The summed E-state index contributed by atoms with van der Waals surface area (Å²) in [5.41, 5.74) is 1.18. The molecule has 3 heterocycles. The second kappa shape index (κ2) is 4.69. The molecule has 3 aromatic heterocycles. The number of imidazole rings is 1. The van der Waals surface area contributed by atoms with Crippen molar-refractivity contribution in [2.45, 2.75) is 13.0 Å². The van der Waals surface area contributed by atoms with Crippen molar-refractivity contribution in [2.75, 3.05) is 6.61 Å². The van der Waals surface area contributed by atoms with Crippen LogP contribution in [0.15, 0.2) is 33.8 Å². The van der Waals surface area contributed by atoms with Crippen molar-refractivity contribution in [1.29, 1.82) is 0 Å². The van der Waals surface area contributed by atoms with Crippen LogP contribution in [0.3, 0.4) is 0 Å². The highest BCUT2D eigenvalue weighted by Crippen LogP contribution is 2.18. The van der Waals surface area contributed by atoms with Gasteiger partial charge in [0.25, 0.3) is 0 Å². The molecule has 0 unspecified atom stereocenters. The van der Waals surface area contributed by atoms with Gasteiger partial charge in [-0.3, -0.25) is 9.55 Å². The summed E-state index contributed by atoms with van der Waals surface area (Å²) in [5.74, 6) is 0.594. The molecule has 0 aromatic carbocycles. The van der Waals surface area contributed by atoms with E-state index in [0.717, 1.165) is 0 Å². The molecule has 0 aliphatic rings. The van der Waals surface area contributed by atoms with Crippen molar-refractivity contribution < 1.29 is 9.52 Å². The van der Waals surface area contributed by atoms with Gasteiger partial charge in [0.2, 0.25) is 0 Å². The Kier molecular flexibility index (Phi) is 2.88. The molecule has 3 rings (SSSR count). The second-order valence-corrected chi connectivity index (χ2v) is 4.06. The van der Waals surface area contributed by atoms with Gasteiger partial charge in [-0.25, -0.2) is 14.8 Å². The van der Waals surface area contributed by atoms with Gasteiger partial charge in [-0.1, -0.05) is 0 Å². The van der Waals surface area contributed by atoms with Crippen molar-refractivity contribution in [3.8, 4) is 11.5 Å². The Hall–Kier alpha value is -2.41. The highest BCUT2D eigenvalue weighted by atomic mass is 16.3. The molecule has 7 nitrogen and oxygen atoms in total. The van der Waals surface area contributed by atoms with E-state index in [0.29, 0.717) is 35.7 Å². The smallest absolute Gasteiger partial charge is 0.328 e. The predicted octanol–water partition coefficient (Wildman–Crippen LogP) is 0.762. The summed E-state index contributed by atoms with van der Waals surface area (Å²) in [4.78, 5) is 22.9. The predicted molar refractivity (Wildman–Crippen MR) is 67.6 cm³/mol. The molecule has 3 aromatic rings. The maximum Gasteiger partial charge on any atom is 0.328 e. The van der Waals surface area contributed by atoms with Crippen LogP contribution >= 0.6 is 0 Å². The summed E-state index contributed by atoms with van der Waals surface area (Å²) in [5, 5.41) is 8.86. The Morgan fingerprint density at radius 1 is 1.47 bits per heavy atom. The average molecular weight is 260 g/mol. The second-order valence-electron chi connectivity index (χ2n) is 4.06. The van der Waals surface area contributed by atoms with E-state index in [1.54, 1.807) is 24.6 Å². The molecule has 0 spiro atoms. The van der Waals surface area contributed by atoms with Crippen LogP contribution in [0.1, 0.15) is 6.42 Å². The third-order valence-corrected chi connectivity index (χ3v) is 2.79. The number of nitrogens with one attached hydrogen (secondary N) is 1. The van der Waals surface area contributed by atoms with E-state index in [9.17, 15) is 4.79 Å². The van der Waals surface area contributed by atoms with E-state index in [4.69, 9.17) is 9.52 Å². The highest BCUT2D eigenvalue weighted by Gasteiger charge is 2.11. The van der Waals surface area contributed by atoms with Gasteiger partial charge in [-0.2, -0.15) is 0 Å². The number of aliphatic hydroxyl groups excluding tert-OH is 1. The quantitative estimate of drug-likeness (QED) is 0.722. The Morgan fingerprint density at radius 2 is 2.37 bits per heavy atom. The number of fused-ring (bicyclic) bond motifs is 1. The van der Waals surface area contributed by atoms with E-state index >= 15 is 0 Å². The molecule has 0 fully saturated rings. The van der Waals surface area contributed by atoms with Gasteiger partial charge >= 0.3 is 5.69 Å². The number of rotatable bonds is 4. The van der Waals surface area contributed by atoms with Gasteiger partial charge in [-0.05, 0) is 18.6 Å². The normalized spacial score (nSPS) is 11.2. The molecule has 0 aliphatic carbocycles. The van der Waals surface area contributed by atoms with Crippen LogP contribution in [0, 0.1) is 0 Å². The first kappa shape index (κ1) is 11.7. The van der Waals surface area contributed by atoms with Gasteiger partial charge in [-0.15, -0.1) is 0 Å². The molecule has 2 N–H and O–H groups in total. The monoisotopic (exact) mass is 260 g/mol. The molecule has 0 bridgehead atoms. The third kappa shape index (κ3) is 2.04. The van der Waals surface area contributed by atoms with Crippen LogP contribution in [0.4, 0.5) is 0 Å². The first-order chi connectivity index (χ1) is 9.29. The molecule has 19 heavy (non-hydrogen) atoms. The molecule has 0 amide bonds. The zero-order chi connectivity index (χ0) is 13.2. The Morgan fingerprint density at radius 3 is 3.11 bits per heavy atom. The number of aromatic amines is 1. The summed E-state index contributed by atoms with van der Waals surface area (Å²) >= 11 is 0. The fourth-order valence-electron chi connectivity index (χ4n) is 1.90. The van der Waals surface area contributed by atoms with E-state index in [-0.39, 0.29) is 12.3 Å². The Balaban J connectivity index is 2.13. The Labute approximate surface area is 107 Å². The zero-order valence-electron chi connectivity index (χ0n) is 10.0. The Bertz CT molecular complexity index is 742. The number of hydrogen-bond acceptors (Lipinski definition) is 5. The number of hydrogen-bond donors (Lipinski definition) is 2. The molecule has 0 radical (unpaired) electrons. The molecule has 0 saturated carbocycles. The molecule has 0 saturated heterocycles. The van der Waals surface area contributed by atoms with Gasteiger partial charge in [0.05, 0.1) is 12.5 Å².